The van der Waals surface area contributed by atoms with Gasteiger partial charge in [-0.15, -0.1) is 24.0 Å². The van der Waals surface area contributed by atoms with Crippen LogP contribution < -0.4 is 25.0 Å². The molecule has 8 nitrogen and oxygen atoms in total. The predicted octanol–water partition coefficient (Wildman–Crippen LogP) is 2.80. The SMILES string of the molecule is CCNC(=NCCCCC(=O)OC)NC1CCN(c2cc(OC)cc(OC)c2)C1.I. The maximum atomic E-state index is 11.2. The van der Waals surface area contributed by atoms with Crippen molar-refractivity contribution in [3.05, 3.63) is 18.2 Å². The number of ether oxygens (including phenoxy) is 3. The molecule has 9 heteroatoms. The van der Waals surface area contributed by atoms with E-state index in [1.165, 1.54) is 7.11 Å². The molecule has 2 rings (SSSR count). The second kappa shape index (κ2) is 14.2. The van der Waals surface area contributed by atoms with Crippen LogP contribution in [0.5, 0.6) is 11.5 Å². The average molecular weight is 534 g/mol. The average Bonchev–Trinajstić information content (AvgIpc) is 3.21. The van der Waals surface area contributed by atoms with Crippen LogP contribution in [0.1, 0.15) is 32.6 Å². The normalized spacial score (nSPS) is 15.9. The van der Waals surface area contributed by atoms with Gasteiger partial charge in [0.2, 0.25) is 0 Å². The highest BCUT2D eigenvalue weighted by atomic mass is 127. The third-order valence-corrected chi connectivity index (χ3v) is 4.86. The minimum Gasteiger partial charge on any atom is -0.497 e. The van der Waals surface area contributed by atoms with Crippen molar-refractivity contribution in [1.82, 2.24) is 10.6 Å². The molecule has 1 aliphatic rings. The predicted molar refractivity (Wildman–Crippen MR) is 131 cm³/mol. The Labute approximate surface area is 196 Å². The summed E-state index contributed by atoms with van der Waals surface area (Å²) in [5, 5.41) is 6.83. The molecule has 0 spiro atoms. The van der Waals surface area contributed by atoms with Gasteiger partial charge in [0.05, 0.1) is 21.3 Å². The van der Waals surface area contributed by atoms with Crippen LogP contribution in [-0.2, 0) is 9.53 Å². The first kappa shape index (κ1) is 26.1. The van der Waals surface area contributed by atoms with Crippen molar-refractivity contribution in [1.29, 1.82) is 0 Å². The Morgan fingerprint density at radius 3 is 2.47 bits per heavy atom. The molecule has 1 aromatic rings. The molecule has 0 amide bonds. The number of aliphatic imine (C=N–C) groups is 1. The standard InChI is InChI=1S/C21H34N4O4.HI/c1-5-22-21(23-10-7-6-8-20(26)29-4)24-16-9-11-25(15-16)17-12-18(27-2)14-19(13-17)28-3;/h12-14,16H,5-11,15H2,1-4H3,(H2,22,23,24);1H. The van der Waals surface area contributed by atoms with Gasteiger partial charge in [0, 0.05) is 62.5 Å². The number of esters is 1. The number of carbonyl (C=O) groups is 1. The summed E-state index contributed by atoms with van der Waals surface area (Å²) in [6.45, 7) is 5.36. The first-order valence-corrected chi connectivity index (χ1v) is 10.2. The monoisotopic (exact) mass is 534 g/mol. The Hall–Kier alpha value is -1.91. The zero-order chi connectivity index (χ0) is 21.1. The Morgan fingerprint density at radius 2 is 1.87 bits per heavy atom. The van der Waals surface area contributed by atoms with Crippen LogP contribution >= 0.6 is 24.0 Å². The highest BCUT2D eigenvalue weighted by Gasteiger charge is 2.24. The van der Waals surface area contributed by atoms with E-state index < -0.39 is 0 Å². The summed E-state index contributed by atoms with van der Waals surface area (Å²) in [5.74, 6) is 2.23. The first-order chi connectivity index (χ1) is 14.1. The molecule has 1 atom stereocenters. The summed E-state index contributed by atoms with van der Waals surface area (Å²) < 4.78 is 15.4. The number of unbranched alkanes of at least 4 members (excludes halogenated alkanes) is 1. The molecule has 0 aromatic heterocycles. The summed E-state index contributed by atoms with van der Waals surface area (Å²) in [5.41, 5.74) is 1.09. The molecule has 1 heterocycles. The molecule has 1 aromatic carbocycles. The third kappa shape index (κ3) is 8.45. The van der Waals surface area contributed by atoms with Crippen molar-refractivity contribution in [3.63, 3.8) is 0 Å². The number of rotatable bonds is 10. The van der Waals surface area contributed by atoms with Gasteiger partial charge >= 0.3 is 5.97 Å². The van der Waals surface area contributed by atoms with E-state index in [0.29, 0.717) is 19.0 Å². The third-order valence-electron chi connectivity index (χ3n) is 4.86. The summed E-state index contributed by atoms with van der Waals surface area (Å²) in [7, 11) is 4.74. The van der Waals surface area contributed by atoms with Crippen molar-refractivity contribution in [2.75, 3.05) is 52.4 Å². The number of nitrogens with one attached hydrogen (secondary N) is 2. The molecule has 0 bridgehead atoms. The lowest BCUT2D eigenvalue weighted by Crippen LogP contribution is -2.44. The largest absolute Gasteiger partial charge is 0.497 e. The topological polar surface area (TPSA) is 84.4 Å². The van der Waals surface area contributed by atoms with Crippen LogP contribution in [0, 0.1) is 0 Å². The van der Waals surface area contributed by atoms with Crippen LogP contribution in [0.4, 0.5) is 5.69 Å². The smallest absolute Gasteiger partial charge is 0.305 e. The molecular weight excluding hydrogens is 499 g/mol. The van der Waals surface area contributed by atoms with Crippen molar-refractivity contribution < 1.29 is 19.0 Å². The maximum absolute atomic E-state index is 11.2. The van der Waals surface area contributed by atoms with Gasteiger partial charge in [-0.3, -0.25) is 9.79 Å². The van der Waals surface area contributed by atoms with Crippen LogP contribution in [0.3, 0.4) is 0 Å². The summed E-state index contributed by atoms with van der Waals surface area (Å²) in [6.07, 6.45) is 3.10. The van der Waals surface area contributed by atoms with Crippen LogP contribution in [0.25, 0.3) is 0 Å². The lowest BCUT2D eigenvalue weighted by molar-refractivity contribution is -0.140. The molecule has 0 saturated carbocycles. The fraction of sp³-hybridized carbons (Fsp3) is 0.619. The second-order valence-corrected chi connectivity index (χ2v) is 6.94. The van der Waals surface area contributed by atoms with Gasteiger partial charge in [-0.25, -0.2) is 0 Å². The van der Waals surface area contributed by atoms with Gasteiger partial charge in [0.25, 0.3) is 0 Å². The van der Waals surface area contributed by atoms with E-state index in [2.05, 4.69) is 32.2 Å². The van der Waals surface area contributed by atoms with E-state index in [1.54, 1.807) is 14.2 Å². The molecule has 170 valence electrons. The number of carbonyl (C=O) groups excluding carboxylic acids is 1. The Balaban J connectivity index is 0.00000450. The summed E-state index contributed by atoms with van der Waals surface area (Å²) in [6, 6.07) is 6.25. The molecular formula is C21H35IN4O4. The number of nitrogens with zero attached hydrogens (tertiary/aromatic N) is 2. The highest BCUT2D eigenvalue weighted by molar-refractivity contribution is 14.0. The zero-order valence-electron chi connectivity index (χ0n) is 18.4. The minimum atomic E-state index is -0.167. The maximum Gasteiger partial charge on any atom is 0.305 e. The van der Waals surface area contributed by atoms with Crippen LogP contribution in [-0.4, -0.2) is 65.5 Å². The molecule has 1 fully saturated rings. The lowest BCUT2D eigenvalue weighted by atomic mass is 10.2. The van der Waals surface area contributed by atoms with Gasteiger partial charge in [-0.2, -0.15) is 0 Å². The molecule has 0 aliphatic carbocycles. The lowest BCUT2D eigenvalue weighted by Gasteiger charge is -2.21. The molecule has 1 aliphatic heterocycles. The van der Waals surface area contributed by atoms with Gasteiger partial charge in [0.15, 0.2) is 5.96 Å². The van der Waals surface area contributed by atoms with E-state index in [0.717, 1.165) is 62.0 Å². The van der Waals surface area contributed by atoms with Crippen LogP contribution in [0.2, 0.25) is 0 Å². The number of halogens is 1. The van der Waals surface area contributed by atoms with Gasteiger partial charge < -0.3 is 29.7 Å². The van der Waals surface area contributed by atoms with Crippen molar-refractivity contribution in [2.24, 2.45) is 4.99 Å². The Bertz CT molecular complexity index is 665. The number of guanidine groups is 1. The van der Waals surface area contributed by atoms with Crippen molar-refractivity contribution in [3.8, 4) is 11.5 Å². The van der Waals surface area contributed by atoms with E-state index >= 15 is 0 Å². The van der Waals surface area contributed by atoms with Gasteiger partial charge in [-0.05, 0) is 26.2 Å². The first-order valence-electron chi connectivity index (χ1n) is 10.2. The number of methoxy groups -OCH3 is 3. The fourth-order valence-corrected chi connectivity index (χ4v) is 3.28. The van der Waals surface area contributed by atoms with E-state index in [1.807, 2.05) is 18.2 Å². The molecule has 2 N–H and O–H groups in total. The molecule has 1 unspecified atom stereocenters. The number of benzene rings is 1. The van der Waals surface area contributed by atoms with E-state index in [9.17, 15) is 4.79 Å². The van der Waals surface area contributed by atoms with E-state index in [-0.39, 0.29) is 29.9 Å². The quantitative estimate of drug-likeness (QED) is 0.157. The summed E-state index contributed by atoms with van der Waals surface area (Å²) in [4.78, 5) is 18.1. The number of hydrogen-bond donors (Lipinski definition) is 2. The van der Waals surface area contributed by atoms with Crippen molar-refractivity contribution >= 4 is 41.6 Å². The van der Waals surface area contributed by atoms with E-state index in [4.69, 9.17) is 9.47 Å². The number of anilines is 1. The highest BCUT2D eigenvalue weighted by Crippen LogP contribution is 2.30. The minimum absolute atomic E-state index is 0. The van der Waals surface area contributed by atoms with Crippen LogP contribution in [0.15, 0.2) is 23.2 Å². The summed E-state index contributed by atoms with van der Waals surface area (Å²) >= 11 is 0. The Kier molecular flexibility index (Phi) is 12.3. The fourth-order valence-electron chi connectivity index (χ4n) is 3.28. The Morgan fingerprint density at radius 1 is 1.17 bits per heavy atom. The molecule has 30 heavy (non-hydrogen) atoms. The van der Waals surface area contributed by atoms with Gasteiger partial charge in [0.1, 0.15) is 11.5 Å². The van der Waals surface area contributed by atoms with Crippen molar-refractivity contribution in [2.45, 2.75) is 38.6 Å². The number of hydrogen-bond acceptors (Lipinski definition) is 6. The second-order valence-electron chi connectivity index (χ2n) is 6.94. The molecule has 0 radical (unpaired) electrons. The van der Waals surface area contributed by atoms with Gasteiger partial charge in [-0.1, -0.05) is 0 Å². The molecule has 1 saturated heterocycles. The zero-order valence-corrected chi connectivity index (χ0v) is 20.7.